The molecule has 1 aliphatic rings. The maximum atomic E-state index is 13.1. The van der Waals surface area contributed by atoms with E-state index < -0.39 is 5.91 Å². The van der Waals surface area contributed by atoms with Gasteiger partial charge in [-0.1, -0.05) is 43.4 Å². The molecule has 1 aromatic carbocycles. The van der Waals surface area contributed by atoms with Gasteiger partial charge < -0.3 is 11.1 Å². The van der Waals surface area contributed by atoms with E-state index in [4.69, 9.17) is 17.3 Å². The Morgan fingerprint density at radius 1 is 1.36 bits per heavy atom. The normalized spacial score (nSPS) is 15.5. The minimum Gasteiger partial charge on any atom is -0.368 e. The monoisotopic (exact) mass is 420 g/mol. The molecule has 0 saturated heterocycles. The maximum absolute atomic E-state index is 13.1. The molecule has 1 saturated carbocycles. The summed E-state index contributed by atoms with van der Waals surface area (Å²) in [6, 6.07) is 7.52. The fraction of sp³-hybridized carbons (Fsp3) is 0.450. The standard InChI is InChI=1S/C20H25ClN4O2S/c1-28-17-7-6-14(11-16(17)21)15(10-13-4-2-3-5-13)20(27)23-19-8-9-25(24-19)12-18(22)26/h6-9,11,13,15H,2-5,10,12H2,1H3,(H2,22,26)(H,23,24,27). The number of hydrogen-bond acceptors (Lipinski definition) is 4. The molecule has 1 aliphatic carbocycles. The molecule has 0 bridgehead atoms. The van der Waals surface area contributed by atoms with Crippen molar-refractivity contribution in [3.8, 4) is 0 Å². The van der Waals surface area contributed by atoms with E-state index >= 15 is 0 Å². The predicted molar refractivity (Wildman–Crippen MR) is 113 cm³/mol. The Morgan fingerprint density at radius 3 is 2.75 bits per heavy atom. The number of nitrogens with two attached hydrogens (primary N) is 1. The van der Waals surface area contributed by atoms with Gasteiger partial charge in [0, 0.05) is 17.2 Å². The summed E-state index contributed by atoms with van der Waals surface area (Å²) in [7, 11) is 0. The number of nitrogens with zero attached hydrogens (tertiary/aromatic N) is 2. The van der Waals surface area contributed by atoms with Crippen molar-refractivity contribution in [2.45, 2.75) is 49.5 Å². The minimum atomic E-state index is -0.483. The zero-order valence-electron chi connectivity index (χ0n) is 15.9. The third-order valence-electron chi connectivity index (χ3n) is 5.15. The Morgan fingerprint density at radius 2 is 2.11 bits per heavy atom. The van der Waals surface area contributed by atoms with E-state index in [2.05, 4.69) is 10.4 Å². The zero-order valence-corrected chi connectivity index (χ0v) is 17.4. The third-order valence-corrected chi connectivity index (χ3v) is 6.37. The van der Waals surface area contributed by atoms with Crippen molar-refractivity contribution < 1.29 is 9.59 Å². The summed E-state index contributed by atoms with van der Waals surface area (Å²) in [6.07, 6.45) is 9.16. The maximum Gasteiger partial charge on any atom is 0.239 e. The highest BCUT2D eigenvalue weighted by Crippen LogP contribution is 2.37. The van der Waals surface area contributed by atoms with E-state index in [-0.39, 0.29) is 18.4 Å². The molecule has 0 aliphatic heterocycles. The molecule has 2 amide bonds. The van der Waals surface area contributed by atoms with Gasteiger partial charge in [-0.15, -0.1) is 11.8 Å². The zero-order chi connectivity index (χ0) is 20.1. The second-order valence-electron chi connectivity index (χ2n) is 7.19. The molecule has 1 aromatic heterocycles. The summed E-state index contributed by atoms with van der Waals surface area (Å²) in [5.41, 5.74) is 6.11. The molecule has 150 valence electrons. The Hall–Kier alpha value is -1.99. The molecule has 0 radical (unpaired) electrons. The van der Waals surface area contributed by atoms with E-state index in [9.17, 15) is 9.59 Å². The number of carbonyl (C=O) groups excluding carboxylic acids is 2. The van der Waals surface area contributed by atoms with Gasteiger partial charge in [-0.3, -0.25) is 14.3 Å². The molecule has 1 atom stereocenters. The summed E-state index contributed by atoms with van der Waals surface area (Å²) in [5.74, 6) is 0.0716. The van der Waals surface area contributed by atoms with Gasteiger partial charge in [-0.2, -0.15) is 5.10 Å². The summed E-state index contributed by atoms with van der Waals surface area (Å²) >= 11 is 7.98. The highest BCUT2D eigenvalue weighted by molar-refractivity contribution is 7.98. The van der Waals surface area contributed by atoms with Crippen LogP contribution in [0.2, 0.25) is 5.02 Å². The van der Waals surface area contributed by atoms with Crippen LogP contribution in [0.5, 0.6) is 0 Å². The van der Waals surface area contributed by atoms with Crippen LogP contribution in [0, 0.1) is 5.92 Å². The Bertz CT molecular complexity index is 848. The number of benzene rings is 1. The second-order valence-corrected chi connectivity index (χ2v) is 8.44. The third kappa shape index (κ3) is 5.29. The highest BCUT2D eigenvalue weighted by Gasteiger charge is 2.27. The minimum absolute atomic E-state index is 0.0207. The van der Waals surface area contributed by atoms with Gasteiger partial charge in [0.05, 0.1) is 10.9 Å². The molecule has 3 rings (SSSR count). The van der Waals surface area contributed by atoms with Crippen LogP contribution in [0.25, 0.3) is 0 Å². The number of nitrogens with one attached hydrogen (secondary N) is 1. The van der Waals surface area contributed by atoms with Crippen molar-refractivity contribution in [2.24, 2.45) is 11.7 Å². The molecule has 8 heteroatoms. The van der Waals surface area contributed by atoms with Crippen molar-refractivity contribution in [1.29, 1.82) is 0 Å². The van der Waals surface area contributed by atoms with Crippen molar-refractivity contribution in [2.75, 3.05) is 11.6 Å². The fourth-order valence-electron chi connectivity index (χ4n) is 3.76. The molecular formula is C20H25ClN4O2S. The first-order chi connectivity index (χ1) is 13.5. The molecule has 2 aromatic rings. The number of hydrogen-bond donors (Lipinski definition) is 2. The highest BCUT2D eigenvalue weighted by atomic mass is 35.5. The molecule has 1 unspecified atom stereocenters. The van der Waals surface area contributed by atoms with E-state index in [0.717, 1.165) is 29.7 Å². The van der Waals surface area contributed by atoms with Crippen LogP contribution in [0.3, 0.4) is 0 Å². The lowest BCUT2D eigenvalue weighted by atomic mass is 9.87. The molecular weight excluding hydrogens is 396 g/mol. The van der Waals surface area contributed by atoms with Crippen molar-refractivity contribution in [3.63, 3.8) is 0 Å². The number of rotatable bonds is 8. The number of anilines is 1. The Balaban J connectivity index is 1.79. The fourth-order valence-corrected chi connectivity index (χ4v) is 4.64. The van der Waals surface area contributed by atoms with Crippen molar-refractivity contribution in [3.05, 3.63) is 41.0 Å². The van der Waals surface area contributed by atoms with E-state index in [1.165, 1.54) is 17.5 Å². The SMILES string of the molecule is CSc1ccc(C(CC2CCCC2)C(=O)Nc2ccn(CC(N)=O)n2)cc1Cl. The van der Waals surface area contributed by atoms with Crippen LogP contribution in [-0.4, -0.2) is 27.9 Å². The topological polar surface area (TPSA) is 90.0 Å². The van der Waals surface area contributed by atoms with Gasteiger partial charge in [0.15, 0.2) is 5.82 Å². The number of amides is 2. The van der Waals surface area contributed by atoms with Crippen LogP contribution in [0.15, 0.2) is 35.4 Å². The quantitative estimate of drug-likeness (QED) is 0.630. The lowest BCUT2D eigenvalue weighted by Crippen LogP contribution is -2.24. The van der Waals surface area contributed by atoms with Crippen LogP contribution in [-0.2, 0) is 16.1 Å². The van der Waals surface area contributed by atoms with Crippen LogP contribution < -0.4 is 11.1 Å². The average molecular weight is 421 g/mol. The average Bonchev–Trinajstić information content (AvgIpc) is 3.31. The first kappa shape index (κ1) is 20.7. The van der Waals surface area contributed by atoms with Crippen LogP contribution in [0.4, 0.5) is 5.82 Å². The Kier molecular flexibility index (Phi) is 7.02. The van der Waals surface area contributed by atoms with Crippen molar-refractivity contribution >= 4 is 41.0 Å². The summed E-state index contributed by atoms with van der Waals surface area (Å²) in [6.45, 7) is -0.0207. The summed E-state index contributed by atoms with van der Waals surface area (Å²) in [4.78, 5) is 25.1. The van der Waals surface area contributed by atoms with Gasteiger partial charge in [0.2, 0.25) is 11.8 Å². The molecule has 0 spiro atoms. The first-order valence-electron chi connectivity index (χ1n) is 9.42. The summed E-state index contributed by atoms with van der Waals surface area (Å²) < 4.78 is 1.41. The van der Waals surface area contributed by atoms with Gasteiger partial charge in [0.1, 0.15) is 6.54 Å². The Labute approximate surface area is 174 Å². The number of aromatic nitrogens is 2. The number of halogens is 1. The smallest absolute Gasteiger partial charge is 0.239 e. The van der Waals surface area contributed by atoms with Gasteiger partial charge in [-0.05, 0) is 36.3 Å². The van der Waals surface area contributed by atoms with Crippen LogP contribution in [0.1, 0.15) is 43.6 Å². The molecule has 28 heavy (non-hydrogen) atoms. The van der Waals surface area contributed by atoms with Gasteiger partial charge in [-0.25, -0.2) is 0 Å². The number of thioether (sulfide) groups is 1. The molecule has 3 N–H and O–H groups in total. The van der Waals surface area contributed by atoms with Crippen LogP contribution >= 0.6 is 23.4 Å². The first-order valence-corrected chi connectivity index (χ1v) is 11.0. The predicted octanol–water partition coefficient (Wildman–Crippen LogP) is 4.05. The largest absolute Gasteiger partial charge is 0.368 e. The molecule has 1 fully saturated rings. The number of carbonyl (C=O) groups is 2. The van der Waals surface area contributed by atoms with E-state index in [1.807, 2.05) is 24.5 Å². The van der Waals surface area contributed by atoms with E-state index in [1.54, 1.807) is 24.0 Å². The van der Waals surface area contributed by atoms with Gasteiger partial charge >= 0.3 is 0 Å². The lowest BCUT2D eigenvalue weighted by molar-refractivity contribution is -0.119. The second kappa shape index (κ2) is 9.47. The summed E-state index contributed by atoms with van der Waals surface area (Å²) in [5, 5.41) is 7.75. The van der Waals surface area contributed by atoms with Gasteiger partial charge in [0.25, 0.3) is 0 Å². The lowest BCUT2D eigenvalue weighted by Gasteiger charge is -2.21. The molecule has 6 nitrogen and oxygen atoms in total. The van der Waals surface area contributed by atoms with E-state index in [0.29, 0.717) is 16.8 Å². The number of primary amides is 1. The molecule has 1 heterocycles. The van der Waals surface area contributed by atoms with Crippen molar-refractivity contribution in [1.82, 2.24) is 9.78 Å².